The number of unbranched alkanes of at least 4 members (excludes halogenated alkanes) is 4. The molecule has 5 nitrogen and oxygen atoms in total. The highest BCUT2D eigenvalue weighted by Crippen LogP contribution is 2.58. The molecule has 3 aromatic rings. The number of carbonyl (C=O) groups is 2. The van der Waals surface area contributed by atoms with Gasteiger partial charge in [0, 0.05) is 11.1 Å². The van der Waals surface area contributed by atoms with Crippen LogP contribution in [-0.4, -0.2) is 61.2 Å². The minimum atomic E-state index is -7.75. The van der Waals surface area contributed by atoms with Crippen LogP contribution in [0.5, 0.6) is 11.5 Å². The number of carbonyl (C=O) groups excluding carboxylic acids is 2. The van der Waals surface area contributed by atoms with Gasteiger partial charge in [-0.1, -0.05) is 44.4 Å². The minimum absolute atomic E-state index is 0.0482. The number of halogens is 12. The molecule has 3 rings (SSSR count). The average Bonchev–Trinajstić information content (AvgIpc) is 3.11. The molecule has 0 heterocycles. The van der Waals surface area contributed by atoms with Crippen molar-refractivity contribution in [2.75, 3.05) is 13.2 Å². The van der Waals surface area contributed by atoms with Crippen molar-refractivity contribution in [2.24, 2.45) is 0 Å². The monoisotopic (exact) mass is 770 g/mol. The van der Waals surface area contributed by atoms with Crippen LogP contribution in [0.3, 0.4) is 0 Å². The Morgan fingerprint density at radius 3 is 1.60 bits per heavy atom. The van der Waals surface area contributed by atoms with Gasteiger partial charge in [-0.25, -0.2) is 18.4 Å². The molecule has 0 N–H and O–H groups in total. The first kappa shape index (κ1) is 42.5. The molecular weight excluding hydrogens is 740 g/mol. The molecule has 0 unspecified atom stereocenters. The fourth-order valence-corrected chi connectivity index (χ4v) is 4.29. The van der Waals surface area contributed by atoms with Gasteiger partial charge < -0.3 is 14.2 Å². The zero-order valence-corrected chi connectivity index (χ0v) is 27.5. The maximum absolute atomic E-state index is 13.9. The number of hydrogen-bond acceptors (Lipinski definition) is 5. The SMILES string of the molecule is CCCCCCCOc1ccc(C#Cc2ccc(C(=O)Oc3ccc(C(=O)OCC(F)(F)C(F)(F)C(F)(F)C(F)(F)C(F)(F)C(F)F)cc3)cc2)cc1. The smallest absolute Gasteiger partial charge is 0.384 e. The molecule has 3 aromatic carbocycles. The fraction of sp³-hybridized carbons (Fsp3) is 0.389. The third kappa shape index (κ3) is 9.96. The lowest BCUT2D eigenvalue weighted by Crippen LogP contribution is -2.69. The van der Waals surface area contributed by atoms with Crippen molar-refractivity contribution in [1.82, 2.24) is 0 Å². The van der Waals surface area contributed by atoms with E-state index in [1.54, 1.807) is 24.3 Å². The van der Waals surface area contributed by atoms with E-state index in [9.17, 15) is 62.3 Å². The molecule has 0 saturated heterocycles. The van der Waals surface area contributed by atoms with Crippen LogP contribution in [0, 0.1) is 11.8 Å². The van der Waals surface area contributed by atoms with Crippen LogP contribution in [0.1, 0.15) is 70.9 Å². The summed E-state index contributed by atoms with van der Waals surface area (Å²) in [6, 6.07) is 16.3. The summed E-state index contributed by atoms with van der Waals surface area (Å²) in [5.74, 6) is -32.9. The van der Waals surface area contributed by atoms with Crippen molar-refractivity contribution in [1.29, 1.82) is 0 Å². The lowest BCUT2D eigenvalue weighted by atomic mass is 9.94. The van der Waals surface area contributed by atoms with Gasteiger partial charge in [0.2, 0.25) is 0 Å². The van der Waals surface area contributed by atoms with Gasteiger partial charge in [0.1, 0.15) is 11.5 Å². The van der Waals surface area contributed by atoms with E-state index in [0.29, 0.717) is 17.7 Å². The van der Waals surface area contributed by atoms with Crippen molar-refractivity contribution in [2.45, 2.75) is 75.1 Å². The highest BCUT2D eigenvalue weighted by Gasteiger charge is 2.87. The topological polar surface area (TPSA) is 61.8 Å². The quantitative estimate of drug-likeness (QED) is 0.0450. The number of esters is 2. The van der Waals surface area contributed by atoms with Crippen LogP contribution in [0.2, 0.25) is 0 Å². The van der Waals surface area contributed by atoms with Crippen LogP contribution in [0.25, 0.3) is 0 Å². The Morgan fingerprint density at radius 1 is 0.604 bits per heavy atom. The molecule has 0 aromatic heterocycles. The van der Waals surface area contributed by atoms with Crippen LogP contribution >= 0.6 is 0 Å². The van der Waals surface area contributed by atoms with Gasteiger partial charge in [-0.3, -0.25) is 0 Å². The summed E-state index contributed by atoms with van der Waals surface area (Å²) >= 11 is 0. The summed E-state index contributed by atoms with van der Waals surface area (Å²) in [5.41, 5.74) is 0.577. The third-order valence-electron chi connectivity index (χ3n) is 7.47. The molecular formula is C36H30F12O5. The van der Waals surface area contributed by atoms with Crippen LogP contribution in [-0.2, 0) is 4.74 Å². The second-order valence-corrected chi connectivity index (χ2v) is 11.5. The van der Waals surface area contributed by atoms with Crippen molar-refractivity contribution >= 4 is 11.9 Å². The third-order valence-corrected chi connectivity index (χ3v) is 7.47. The Morgan fingerprint density at radius 2 is 1.08 bits per heavy atom. The molecule has 0 radical (unpaired) electrons. The largest absolute Gasteiger partial charge is 0.494 e. The zero-order valence-electron chi connectivity index (χ0n) is 27.5. The van der Waals surface area contributed by atoms with E-state index in [-0.39, 0.29) is 11.3 Å². The molecule has 0 atom stereocenters. The molecule has 0 spiro atoms. The molecule has 0 aliphatic rings. The first-order chi connectivity index (χ1) is 24.7. The maximum Gasteiger partial charge on any atom is 0.384 e. The summed E-state index contributed by atoms with van der Waals surface area (Å²) < 4.78 is 175. The number of benzene rings is 3. The highest BCUT2D eigenvalue weighted by molar-refractivity contribution is 5.92. The Bertz CT molecular complexity index is 1730. The Labute approximate surface area is 295 Å². The average molecular weight is 771 g/mol. The van der Waals surface area contributed by atoms with E-state index in [1.165, 1.54) is 37.1 Å². The van der Waals surface area contributed by atoms with E-state index in [1.807, 2.05) is 0 Å². The summed E-state index contributed by atoms with van der Waals surface area (Å²) in [6.07, 6.45) is -0.0295. The van der Waals surface area contributed by atoms with Gasteiger partial charge in [0.25, 0.3) is 0 Å². The molecule has 0 saturated carbocycles. The predicted octanol–water partition coefficient (Wildman–Crippen LogP) is 10.3. The Kier molecular flexibility index (Phi) is 13.9. The maximum atomic E-state index is 13.9. The van der Waals surface area contributed by atoms with Crippen molar-refractivity contribution in [3.8, 4) is 23.3 Å². The number of rotatable bonds is 17. The van der Waals surface area contributed by atoms with E-state index < -0.39 is 60.1 Å². The second-order valence-electron chi connectivity index (χ2n) is 11.5. The Hall–Kier alpha value is -4.88. The lowest BCUT2D eigenvalue weighted by molar-refractivity contribution is -0.414. The lowest BCUT2D eigenvalue weighted by Gasteiger charge is -2.38. The Balaban J connectivity index is 1.55. The first-order valence-electron chi connectivity index (χ1n) is 15.7. The predicted molar refractivity (Wildman–Crippen MR) is 166 cm³/mol. The van der Waals surface area contributed by atoms with Crippen molar-refractivity contribution in [3.05, 3.63) is 95.1 Å². The summed E-state index contributed by atoms with van der Waals surface area (Å²) in [5, 5.41) is 0. The fourth-order valence-electron chi connectivity index (χ4n) is 4.29. The molecule has 0 fully saturated rings. The summed E-state index contributed by atoms with van der Waals surface area (Å²) in [7, 11) is 0. The van der Waals surface area contributed by atoms with E-state index in [2.05, 4.69) is 23.5 Å². The van der Waals surface area contributed by atoms with Gasteiger partial charge >= 0.3 is 48.0 Å². The minimum Gasteiger partial charge on any atom is -0.494 e. The number of hydrogen-bond donors (Lipinski definition) is 0. The van der Waals surface area contributed by atoms with Crippen LogP contribution in [0.15, 0.2) is 72.8 Å². The molecule has 0 bridgehead atoms. The van der Waals surface area contributed by atoms with Gasteiger partial charge in [0.05, 0.1) is 17.7 Å². The van der Waals surface area contributed by atoms with Crippen LogP contribution in [0.4, 0.5) is 52.7 Å². The van der Waals surface area contributed by atoms with Gasteiger partial charge in [-0.2, -0.15) is 43.9 Å². The number of alkyl halides is 12. The second kappa shape index (κ2) is 17.3. The molecule has 0 aliphatic carbocycles. The normalized spacial score (nSPS) is 12.6. The van der Waals surface area contributed by atoms with Crippen molar-refractivity contribution in [3.63, 3.8) is 0 Å². The molecule has 288 valence electrons. The summed E-state index contributed by atoms with van der Waals surface area (Å²) in [4.78, 5) is 24.6. The van der Waals surface area contributed by atoms with E-state index >= 15 is 0 Å². The zero-order chi connectivity index (χ0) is 39.7. The standard InChI is InChI=1S/C36H30F12O5/c1-2-3-4-5-6-21-51-27-17-11-24(12-18-27)8-7-23-9-13-26(14-10-23)30(50)53-28-19-15-25(16-20-28)29(49)52-22-32(39,40)34(43,44)36(47,48)35(45,46)33(41,42)31(37)38/h9-20,31H,2-6,21-22H2,1H3. The van der Waals surface area contributed by atoms with E-state index in [0.717, 1.165) is 49.3 Å². The first-order valence-corrected chi connectivity index (χ1v) is 15.7. The van der Waals surface area contributed by atoms with E-state index in [4.69, 9.17) is 9.47 Å². The van der Waals surface area contributed by atoms with Gasteiger partial charge in [-0.05, 0) is 79.2 Å². The molecule has 17 heteroatoms. The van der Waals surface area contributed by atoms with Crippen LogP contribution < -0.4 is 9.47 Å². The molecule has 53 heavy (non-hydrogen) atoms. The number of ether oxygens (including phenoxy) is 3. The van der Waals surface area contributed by atoms with Gasteiger partial charge in [-0.15, -0.1) is 0 Å². The highest BCUT2D eigenvalue weighted by atomic mass is 19.4. The summed E-state index contributed by atoms with van der Waals surface area (Å²) in [6.45, 7) is -0.288. The van der Waals surface area contributed by atoms with Crippen molar-refractivity contribution < 1.29 is 76.5 Å². The molecule has 0 amide bonds. The van der Waals surface area contributed by atoms with Gasteiger partial charge in [0.15, 0.2) is 6.61 Å². The molecule has 0 aliphatic heterocycles.